The third-order valence-electron chi connectivity index (χ3n) is 4.77. The molecule has 0 spiro atoms. The van der Waals surface area contributed by atoms with E-state index in [1.54, 1.807) is 32.4 Å². The molecular weight excluding hydrogens is 346 g/mol. The first-order valence-corrected chi connectivity index (χ1v) is 8.80. The minimum atomic E-state index is -0.984. The predicted octanol–water partition coefficient (Wildman–Crippen LogP) is 2.65. The molecule has 1 aliphatic rings. The Balaban J connectivity index is 1.54. The SMILES string of the molecule is COc1cc(CC2CN(C(=O)Cc3cccc(C(=O)O)c3)C2)cc(OC)c1. The van der Waals surface area contributed by atoms with Gasteiger partial charge in [-0.1, -0.05) is 12.1 Å². The van der Waals surface area contributed by atoms with E-state index in [0.29, 0.717) is 19.0 Å². The molecule has 0 aliphatic carbocycles. The quantitative estimate of drug-likeness (QED) is 0.812. The van der Waals surface area contributed by atoms with Crippen molar-refractivity contribution in [3.63, 3.8) is 0 Å². The van der Waals surface area contributed by atoms with Gasteiger partial charge in [-0.2, -0.15) is 0 Å². The molecular formula is C21H23NO5. The summed E-state index contributed by atoms with van der Waals surface area (Å²) in [6.07, 6.45) is 1.08. The number of likely N-dealkylation sites (tertiary alicyclic amines) is 1. The van der Waals surface area contributed by atoms with Crippen LogP contribution in [0.2, 0.25) is 0 Å². The van der Waals surface area contributed by atoms with Crippen molar-refractivity contribution >= 4 is 11.9 Å². The Bertz CT molecular complexity index is 820. The van der Waals surface area contributed by atoms with Crippen molar-refractivity contribution in [3.05, 3.63) is 59.2 Å². The van der Waals surface area contributed by atoms with Crippen LogP contribution >= 0.6 is 0 Å². The molecule has 0 unspecified atom stereocenters. The van der Waals surface area contributed by atoms with Crippen molar-refractivity contribution in [2.24, 2.45) is 5.92 Å². The molecule has 1 fully saturated rings. The van der Waals surface area contributed by atoms with E-state index in [1.807, 2.05) is 23.1 Å². The van der Waals surface area contributed by atoms with Crippen LogP contribution in [0.3, 0.4) is 0 Å². The number of carboxylic acid groups (broad SMARTS) is 1. The number of carboxylic acids is 1. The normalized spacial score (nSPS) is 13.8. The lowest BCUT2D eigenvalue weighted by molar-refractivity contribution is -0.136. The Hall–Kier alpha value is -3.02. The molecule has 1 N–H and O–H groups in total. The summed E-state index contributed by atoms with van der Waals surface area (Å²) < 4.78 is 10.6. The maximum absolute atomic E-state index is 12.4. The highest BCUT2D eigenvalue weighted by Gasteiger charge is 2.30. The number of nitrogens with zero attached hydrogens (tertiary/aromatic N) is 1. The van der Waals surface area contributed by atoms with Gasteiger partial charge in [0.1, 0.15) is 11.5 Å². The van der Waals surface area contributed by atoms with Crippen molar-refractivity contribution in [1.29, 1.82) is 0 Å². The predicted molar refractivity (Wildman–Crippen MR) is 100 cm³/mol. The van der Waals surface area contributed by atoms with Crippen LogP contribution < -0.4 is 9.47 Å². The maximum Gasteiger partial charge on any atom is 0.335 e. The summed E-state index contributed by atoms with van der Waals surface area (Å²) >= 11 is 0. The van der Waals surface area contributed by atoms with Gasteiger partial charge in [-0.05, 0) is 47.7 Å². The topological polar surface area (TPSA) is 76.1 Å². The maximum atomic E-state index is 12.4. The molecule has 6 nitrogen and oxygen atoms in total. The van der Waals surface area contributed by atoms with Crippen molar-refractivity contribution in [2.45, 2.75) is 12.8 Å². The number of benzene rings is 2. The van der Waals surface area contributed by atoms with Crippen LogP contribution in [0.4, 0.5) is 0 Å². The smallest absolute Gasteiger partial charge is 0.335 e. The minimum absolute atomic E-state index is 0.0250. The van der Waals surface area contributed by atoms with Gasteiger partial charge in [0.2, 0.25) is 5.91 Å². The van der Waals surface area contributed by atoms with E-state index in [1.165, 1.54) is 6.07 Å². The second-order valence-electron chi connectivity index (χ2n) is 6.77. The molecule has 2 aromatic rings. The van der Waals surface area contributed by atoms with E-state index in [-0.39, 0.29) is 17.9 Å². The summed E-state index contributed by atoms with van der Waals surface area (Å²) in [7, 11) is 3.25. The Morgan fingerprint density at radius 1 is 1.04 bits per heavy atom. The fourth-order valence-electron chi connectivity index (χ4n) is 3.32. The first-order valence-electron chi connectivity index (χ1n) is 8.80. The average Bonchev–Trinajstić information content (AvgIpc) is 2.63. The van der Waals surface area contributed by atoms with Crippen LogP contribution in [-0.2, 0) is 17.6 Å². The van der Waals surface area contributed by atoms with E-state index in [9.17, 15) is 9.59 Å². The number of ether oxygens (including phenoxy) is 2. The van der Waals surface area contributed by atoms with Crippen molar-refractivity contribution in [1.82, 2.24) is 4.90 Å². The number of methoxy groups -OCH3 is 2. The summed E-state index contributed by atoms with van der Waals surface area (Å²) in [5, 5.41) is 9.05. The highest BCUT2D eigenvalue weighted by Crippen LogP contribution is 2.27. The zero-order chi connectivity index (χ0) is 19.4. The van der Waals surface area contributed by atoms with Gasteiger partial charge in [-0.25, -0.2) is 4.79 Å². The van der Waals surface area contributed by atoms with Crippen LogP contribution in [0, 0.1) is 5.92 Å². The van der Waals surface area contributed by atoms with E-state index < -0.39 is 5.97 Å². The molecule has 0 atom stereocenters. The van der Waals surface area contributed by atoms with Crippen molar-refractivity contribution in [2.75, 3.05) is 27.3 Å². The lowest BCUT2D eigenvalue weighted by Gasteiger charge is -2.39. The third kappa shape index (κ3) is 4.58. The lowest BCUT2D eigenvalue weighted by Crippen LogP contribution is -2.51. The highest BCUT2D eigenvalue weighted by molar-refractivity contribution is 5.88. The zero-order valence-corrected chi connectivity index (χ0v) is 15.5. The molecule has 3 rings (SSSR count). The highest BCUT2D eigenvalue weighted by atomic mass is 16.5. The Morgan fingerprint density at radius 3 is 2.30 bits per heavy atom. The number of hydrogen-bond acceptors (Lipinski definition) is 4. The number of hydrogen-bond donors (Lipinski definition) is 1. The van der Waals surface area contributed by atoms with E-state index in [4.69, 9.17) is 14.6 Å². The summed E-state index contributed by atoms with van der Waals surface area (Å²) in [6.45, 7) is 1.41. The first kappa shape index (κ1) is 18.8. The Morgan fingerprint density at radius 2 is 1.70 bits per heavy atom. The number of amides is 1. The zero-order valence-electron chi connectivity index (χ0n) is 15.5. The standard InChI is InChI=1S/C21H23NO5/c1-26-18-8-15(9-19(11-18)27-2)6-16-12-22(13-16)20(23)10-14-4-3-5-17(7-14)21(24)25/h3-5,7-9,11,16H,6,10,12-13H2,1-2H3,(H,24,25). The molecule has 1 saturated heterocycles. The van der Waals surface area contributed by atoms with Crippen molar-refractivity contribution < 1.29 is 24.2 Å². The summed E-state index contributed by atoms with van der Waals surface area (Å²) in [6, 6.07) is 12.4. The summed E-state index contributed by atoms with van der Waals surface area (Å²) in [5.74, 6) is 0.958. The molecule has 142 valence electrons. The fraction of sp³-hybridized carbons (Fsp3) is 0.333. The Kier molecular flexibility index (Phi) is 5.64. The van der Waals surface area contributed by atoms with Crippen molar-refractivity contribution in [3.8, 4) is 11.5 Å². The molecule has 1 aliphatic heterocycles. The van der Waals surface area contributed by atoms with Crippen LogP contribution in [0.5, 0.6) is 11.5 Å². The van der Waals surface area contributed by atoms with E-state index in [0.717, 1.165) is 29.0 Å². The van der Waals surface area contributed by atoms with Crippen LogP contribution in [-0.4, -0.2) is 49.2 Å². The largest absolute Gasteiger partial charge is 0.497 e. The first-order chi connectivity index (χ1) is 13.0. The second kappa shape index (κ2) is 8.12. The summed E-state index contributed by atoms with van der Waals surface area (Å²) in [5.41, 5.74) is 2.05. The molecule has 6 heteroatoms. The third-order valence-corrected chi connectivity index (χ3v) is 4.77. The fourth-order valence-corrected chi connectivity index (χ4v) is 3.32. The van der Waals surface area contributed by atoms with Gasteiger partial charge in [0.25, 0.3) is 0 Å². The Labute approximate surface area is 158 Å². The molecule has 0 radical (unpaired) electrons. The van der Waals surface area contributed by atoms with Gasteiger partial charge in [0.05, 0.1) is 26.2 Å². The number of carbonyl (C=O) groups excluding carboxylic acids is 1. The minimum Gasteiger partial charge on any atom is -0.497 e. The van der Waals surface area contributed by atoms with Gasteiger partial charge in [0.15, 0.2) is 0 Å². The average molecular weight is 369 g/mol. The molecule has 2 aromatic carbocycles. The molecule has 27 heavy (non-hydrogen) atoms. The van der Waals surface area contributed by atoms with Gasteiger partial charge < -0.3 is 19.5 Å². The molecule has 1 heterocycles. The molecule has 0 aromatic heterocycles. The van der Waals surface area contributed by atoms with Gasteiger partial charge in [0, 0.05) is 19.2 Å². The van der Waals surface area contributed by atoms with Crippen LogP contribution in [0.15, 0.2) is 42.5 Å². The monoisotopic (exact) mass is 369 g/mol. The van der Waals surface area contributed by atoms with Crippen LogP contribution in [0.1, 0.15) is 21.5 Å². The second-order valence-corrected chi connectivity index (χ2v) is 6.77. The van der Waals surface area contributed by atoms with E-state index in [2.05, 4.69) is 0 Å². The number of carbonyl (C=O) groups is 2. The van der Waals surface area contributed by atoms with Gasteiger partial charge in [-0.15, -0.1) is 0 Å². The molecule has 0 bridgehead atoms. The van der Waals surface area contributed by atoms with Crippen LogP contribution in [0.25, 0.3) is 0 Å². The number of rotatable bonds is 7. The molecule has 1 amide bonds. The lowest BCUT2D eigenvalue weighted by atomic mass is 9.91. The van der Waals surface area contributed by atoms with E-state index >= 15 is 0 Å². The van der Waals surface area contributed by atoms with Gasteiger partial charge >= 0.3 is 5.97 Å². The number of aromatic carboxylic acids is 1. The summed E-state index contributed by atoms with van der Waals surface area (Å²) in [4.78, 5) is 25.3. The van der Waals surface area contributed by atoms with Gasteiger partial charge in [-0.3, -0.25) is 4.79 Å². The molecule has 0 saturated carbocycles.